The maximum atomic E-state index is 12.9. The van der Waals surface area contributed by atoms with Gasteiger partial charge in [-0.2, -0.15) is 0 Å². The maximum absolute atomic E-state index is 12.9. The summed E-state index contributed by atoms with van der Waals surface area (Å²) in [4.78, 5) is 12.9. The molecule has 3 fully saturated rings. The number of rotatable bonds is 3. The molecule has 1 aromatic rings. The number of hydrogen-bond donors (Lipinski definition) is 2. The van der Waals surface area contributed by atoms with Crippen LogP contribution in [0.4, 0.5) is 0 Å². The summed E-state index contributed by atoms with van der Waals surface area (Å²) in [6.45, 7) is 1.64. The lowest BCUT2D eigenvalue weighted by molar-refractivity contribution is -0.108. The van der Waals surface area contributed by atoms with Crippen molar-refractivity contribution in [2.45, 2.75) is 75.0 Å². The number of hydrogen-bond acceptors (Lipinski definition) is 5. The highest BCUT2D eigenvalue weighted by Gasteiger charge is 2.41. The van der Waals surface area contributed by atoms with Crippen molar-refractivity contribution in [3.63, 3.8) is 0 Å². The van der Waals surface area contributed by atoms with Crippen molar-refractivity contribution in [1.29, 1.82) is 0 Å². The van der Waals surface area contributed by atoms with Crippen LogP contribution in [-0.4, -0.2) is 42.5 Å². The van der Waals surface area contributed by atoms with Gasteiger partial charge in [-0.25, -0.2) is 0 Å². The number of amides is 1. The van der Waals surface area contributed by atoms with E-state index in [1.54, 1.807) is 6.07 Å². The van der Waals surface area contributed by atoms with Crippen LogP contribution in [0.1, 0.15) is 73.9 Å². The first-order valence-corrected chi connectivity index (χ1v) is 9.93. The third kappa shape index (κ3) is 3.55. The summed E-state index contributed by atoms with van der Waals surface area (Å²) in [6.07, 6.45) is 9.98. The van der Waals surface area contributed by atoms with E-state index < -0.39 is 5.60 Å². The Morgan fingerprint density at radius 2 is 1.88 bits per heavy atom. The van der Waals surface area contributed by atoms with Crippen molar-refractivity contribution in [2.24, 2.45) is 0 Å². The monoisotopic (exact) mass is 363 g/mol. The lowest BCUT2D eigenvalue weighted by Gasteiger charge is -2.43. The molecule has 2 N–H and O–H groups in total. The Bertz CT molecular complexity index is 622. The van der Waals surface area contributed by atoms with E-state index in [-0.39, 0.29) is 17.6 Å². The highest BCUT2D eigenvalue weighted by molar-refractivity contribution is 5.95. The van der Waals surface area contributed by atoms with Gasteiger partial charge in [0.05, 0.1) is 17.4 Å². The van der Waals surface area contributed by atoms with E-state index in [1.165, 1.54) is 25.5 Å². The van der Waals surface area contributed by atoms with Crippen LogP contribution >= 0.6 is 0 Å². The third-order valence-electron chi connectivity index (χ3n) is 6.25. The maximum Gasteiger partial charge on any atom is 0.255 e. The fourth-order valence-electron chi connectivity index (χ4n) is 4.74. The minimum atomic E-state index is -1.12. The number of aliphatic hydroxyl groups is 1. The quantitative estimate of drug-likeness (QED) is 0.863. The van der Waals surface area contributed by atoms with Gasteiger partial charge in [-0.3, -0.25) is 4.79 Å². The molecule has 144 valence electrons. The molecule has 4 rings (SSSR count). The second-order valence-corrected chi connectivity index (χ2v) is 8.06. The molecule has 1 saturated carbocycles. The lowest BCUT2D eigenvalue weighted by atomic mass is 9.78. The van der Waals surface area contributed by atoms with E-state index in [0.29, 0.717) is 44.0 Å². The molecule has 26 heavy (non-hydrogen) atoms. The summed E-state index contributed by atoms with van der Waals surface area (Å²) in [7, 11) is 0. The van der Waals surface area contributed by atoms with Gasteiger partial charge in [0.1, 0.15) is 11.4 Å². The van der Waals surface area contributed by atoms with Crippen LogP contribution in [-0.2, 0) is 15.1 Å². The molecule has 1 aromatic heterocycles. The average molecular weight is 363 g/mol. The van der Waals surface area contributed by atoms with Crippen LogP contribution in [0.25, 0.3) is 0 Å². The highest BCUT2D eigenvalue weighted by Crippen LogP contribution is 2.39. The summed E-state index contributed by atoms with van der Waals surface area (Å²) in [5, 5.41) is 14.1. The van der Waals surface area contributed by atoms with Crippen LogP contribution in [0, 0.1) is 0 Å². The minimum absolute atomic E-state index is 0.0490. The van der Waals surface area contributed by atoms with E-state index in [9.17, 15) is 9.90 Å². The second kappa shape index (κ2) is 7.33. The van der Waals surface area contributed by atoms with E-state index in [1.807, 2.05) is 0 Å². The van der Waals surface area contributed by atoms with Crippen molar-refractivity contribution in [1.82, 2.24) is 5.32 Å². The number of ether oxygens (including phenoxy) is 2. The Morgan fingerprint density at radius 3 is 2.65 bits per heavy atom. The molecule has 3 aliphatic rings. The summed E-state index contributed by atoms with van der Waals surface area (Å²) in [5.41, 5.74) is -0.722. The fourth-order valence-corrected chi connectivity index (χ4v) is 4.74. The molecule has 0 aromatic carbocycles. The third-order valence-corrected chi connectivity index (χ3v) is 6.25. The topological polar surface area (TPSA) is 80.9 Å². The molecule has 1 unspecified atom stereocenters. The van der Waals surface area contributed by atoms with E-state index >= 15 is 0 Å². The van der Waals surface area contributed by atoms with Crippen LogP contribution in [0.3, 0.4) is 0 Å². The Kier molecular flexibility index (Phi) is 5.08. The van der Waals surface area contributed by atoms with Crippen molar-refractivity contribution in [2.75, 3.05) is 19.8 Å². The zero-order valence-corrected chi connectivity index (χ0v) is 15.3. The van der Waals surface area contributed by atoms with Crippen LogP contribution < -0.4 is 5.32 Å². The SMILES string of the molecule is O=C(NC1CCOC2(CCCCC2)C1)c1ccoc1C1(O)CCOCC1. The molecule has 2 aliphatic heterocycles. The van der Waals surface area contributed by atoms with E-state index in [4.69, 9.17) is 13.9 Å². The summed E-state index contributed by atoms with van der Waals surface area (Å²) >= 11 is 0. The average Bonchev–Trinajstić information content (AvgIpc) is 3.14. The molecule has 3 heterocycles. The number of furan rings is 1. The first-order valence-electron chi connectivity index (χ1n) is 9.93. The van der Waals surface area contributed by atoms with Crippen LogP contribution in [0.2, 0.25) is 0 Å². The Morgan fingerprint density at radius 1 is 1.12 bits per heavy atom. The van der Waals surface area contributed by atoms with Crippen LogP contribution in [0.5, 0.6) is 0 Å². The van der Waals surface area contributed by atoms with Crippen molar-refractivity contribution >= 4 is 5.91 Å². The fraction of sp³-hybridized carbons (Fsp3) is 0.750. The Balaban J connectivity index is 1.45. The first-order chi connectivity index (χ1) is 12.6. The van der Waals surface area contributed by atoms with Gasteiger partial charge in [0.2, 0.25) is 0 Å². The predicted molar refractivity (Wildman–Crippen MR) is 94.9 cm³/mol. The molecule has 2 saturated heterocycles. The smallest absolute Gasteiger partial charge is 0.255 e. The second-order valence-electron chi connectivity index (χ2n) is 8.06. The molecule has 1 amide bonds. The van der Waals surface area contributed by atoms with Gasteiger partial charge in [0.15, 0.2) is 0 Å². The largest absolute Gasteiger partial charge is 0.465 e. The zero-order valence-electron chi connectivity index (χ0n) is 15.3. The normalized spacial score (nSPS) is 28.0. The van der Waals surface area contributed by atoms with Gasteiger partial charge in [-0.15, -0.1) is 0 Å². The van der Waals surface area contributed by atoms with Crippen molar-refractivity contribution in [3.8, 4) is 0 Å². The molecule has 1 aliphatic carbocycles. The van der Waals surface area contributed by atoms with Gasteiger partial charge in [-0.05, 0) is 31.7 Å². The van der Waals surface area contributed by atoms with E-state index in [0.717, 1.165) is 25.7 Å². The molecule has 0 bridgehead atoms. The molecule has 0 radical (unpaired) electrons. The minimum Gasteiger partial charge on any atom is -0.465 e. The number of carbonyl (C=O) groups excluding carboxylic acids is 1. The zero-order chi connectivity index (χ0) is 18.0. The molecule has 1 spiro atoms. The molecule has 1 atom stereocenters. The van der Waals surface area contributed by atoms with Gasteiger partial charge in [0.25, 0.3) is 5.91 Å². The molecule has 6 nitrogen and oxygen atoms in total. The van der Waals surface area contributed by atoms with Crippen molar-refractivity contribution < 1.29 is 23.8 Å². The summed E-state index contributed by atoms with van der Waals surface area (Å²) in [5.74, 6) is 0.212. The van der Waals surface area contributed by atoms with E-state index in [2.05, 4.69) is 5.32 Å². The number of carbonyl (C=O) groups is 1. The number of nitrogens with one attached hydrogen (secondary N) is 1. The predicted octanol–water partition coefficient (Wildman–Crippen LogP) is 2.89. The summed E-state index contributed by atoms with van der Waals surface area (Å²) in [6, 6.07) is 1.77. The molecular formula is C20H29NO5. The molecule has 6 heteroatoms. The van der Waals surface area contributed by atoms with Crippen LogP contribution in [0.15, 0.2) is 16.7 Å². The van der Waals surface area contributed by atoms with Gasteiger partial charge < -0.3 is 24.3 Å². The van der Waals surface area contributed by atoms with Crippen molar-refractivity contribution in [3.05, 3.63) is 23.7 Å². The summed E-state index contributed by atoms with van der Waals surface area (Å²) < 4.78 is 17.0. The highest BCUT2D eigenvalue weighted by atomic mass is 16.5. The van der Waals surface area contributed by atoms with Gasteiger partial charge >= 0.3 is 0 Å². The molecular weight excluding hydrogens is 334 g/mol. The van der Waals surface area contributed by atoms with Gasteiger partial charge in [0, 0.05) is 38.7 Å². The Hall–Kier alpha value is -1.37. The first kappa shape index (κ1) is 18.0. The van der Waals surface area contributed by atoms with Gasteiger partial charge in [-0.1, -0.05) is 19.3 Å². The Labute approximate surface area is 154 Å². The standard InChI is InChI=1S/C20H29NO5/c22-18(16-5-10-25-17(16)20(23)8-12-24-13-9-20)21-15-4-11-26-19(14-15)6-2-1-3-7-19/h5,10,15,23H,1-4,6-9,11-14H2,(H,21,22). The lowest BCUT2D eigenvalue weighted by Crippen LogP contribution is -2.49.